The first-order valence-electron chi connectivity index (χ1n) is 9.57. The molecular formula is C21H21N3O3S2. The van der Waals surface area contributed by atoms with Gasteiger partial charge in [-0.05, 0) is 44.7 Å². The number of ether oxygens (including phenoxy) is 1. The maximum absolute atomic E-state index is 12.9. The Morgan fingerprint density at radius 1 is 1.28 bits per heavy atom. The summed E-state index contributed by atoms with van der Waals surface area (Å²) in [6, 6.07) is 7.72. The van der Waals surface area contributed by atoms with E-state index in [2.05, 4.69) is 15.3 Å². The fourth-order valence-corrected chi connectivity index (χ4v) is 5.61. The Labute approximate surface area is 177 Å². The van der Waals surface area contributed by atoms with E-state index in [0.717, 1.165) is 40.8 Å². The third-order valence-corrected chi connectivity index (χ3v) is 7.12. The summed E-state index contributed by atoms with van der Waals surface area (Å²) in [5.74, 6) is -0.521. The summed E-state index contributed by atoms with van der Waals surface area (Å²) in [6.07, 6.45) is 4.35. The number of hydrogen-bond donors (Lipinski definition) is 1. The van der Waals surface area contributed by atoms with E-state index in [1.54, 1.807) is 6.92 Å². The third kappa shape index (κ3) is 4.00. The summed E-state index contributed by atoms with van der Waals surface area (Å²) in [6.45, 7) is 3.93. The molecule has 0 aliphatic heterocycles. The normalized spacial score (nSPS) is 13.9. The first-order chi connectivity index (χ1) is 14.1. The second-order valence-electron chi connectivity index (χ2n) is 6.73. The molecular weight excluding hydrogens is 406 g/mol. The highest BCUT2D eigenvalue weighted by molar-refractivity contribution is 8.00. The second kappa shape index (κ2) is 8.51. The van der Waals surface area contributed by atoms with Crippen LogP contribution in [-0.2, 0) is 22.4 Å². The predicted molar refractivity (Wildman–Crippen MR) is 116 cm³/mol. The standard InChI is InChI=1S/C21H21N3O3S2/c1-3-27-21(26)17-14-8-6-10-16(14)29-20(17)24-18(25)12(2)28-19-13-7-4-5-9-15(13)22-11-23-19/h4-5,7,9,11-12H,3,6,8,10H2,1-2H3,(H,24,25)/t12-/m0/s1. The van der Waals surface area contributed by atoms with Gasteiger partial charge in [0.15, 0.2) is 0 Å². The summed E-state index contributed by atoms with van der Waals surface area (Å²) < 4.78 is 5.23. The number of thiophene rings is 1. The average Bonchev–Trinajstić information content (AvgIpc) is 3.29. The van der Waals surface area contributed by atoms with Crippen molar-refractivity contribution in [2.24, 2.45) is 0 Å². The Hall–Kier alpha value is -2.45. The fourth-order valence-electron chi connectivity index (χ4n) is 3.42. The molecule has 150 valence electrons. The maximum atomic E-state index is 12.9. The molecule has 1 aliphatic rings. The van der Waals surface area contributed by atoms with Crippen molar-refractivity contribution in [3.8, 4) is 0 Å². The van der Waals surface area contributed by atoms with Gasteiger partial charge in [-0.2, -0.15) is 0 Å². The van der Waals surface area contributed by atoms with Crippen molar-refractivity contribution in [2.45, 2.75) is 43.4 Å². The van der Waals surface area contributed by atoms with Crippen molar-refractivity contribution in [3.05, 3.63) is 46.6 Å². The lowest BCUT2D eigenvalue weighted by Gasteiger charge is -2.13. The van der Waals surface area contributed by atoms with Crippen LogP contribution >= 0.6 is 23.1 Å². The molecule has 29 heavy (non-hydrogen) atoms. The van der Waals surface area contributed by atoms with Crippen molar-refractivity contribution in [1.82, 2.24) is 9.97 Å². The van der Waals surface area contributed by atoms with Crippen LogP contribution in [0.1, 0.15) is 41.1 Å². The predicted octanol–water partition coefficient (Wildman–Crippen LogP) is 4.48. The maximum Gasteiger partial charge on any atom is 0.341 e. The largest absolute Gasteiger partial charge is 0.462 e. The number of benzene rings is 1. The van der Waals surface area contributed by atoms with Crippen molar-refractivity contribution in [1.29, 1.82) is 0 Å². The number of thioether (sulfide) groups is 1. The van der Waals surface area contributed by atoms with Crippen LogP contribution in [0, 0.1) is 0 Å². The number of carbonyl (C=O) groups is 2. The molecule has 0 radical (unpaired) electrons. The van der Waals surface area contributed by atoms with Crippen LogP contribution in [0.5, 0.6) is 0 Å². The highest BCUT2D eigenvalue weighted by Gasteiger charge is 2.29. The number of nitrogens with one attached hydrogen (secondary N) is 1. The monoisotopic (exact) mass is 427 g/mol. The number of aryl methyl sites for hydroxylation is 1. The Morgan fingerprint density at radius 2 is 2.10 bits per heavy atom. The Kier molecular flexibility index (Phi) is 5.82. The van der Waals surface area contributed by atoms with Crippen molar-refractivity contribution in [2.75, 3.05) is 11.9 Å². The molecule has 1 aliphatic carbocycles. The second-order valence-corrected chi connectivity index (χ2v) is 9.16. The smallest absolute Gasteiger partial charge is 0.341 e. The number of hydrogen-bond acceptors (Lipinski definition) is 7. The van der Waals surface area contributed by atoms with E-state index in [9.17, 15) is 9.59 Å². The lowest BCUT2D eigenvalue weighted by Crippen LogP contribution is -2.23. The molecule has 1 amide bonds. The van der Waals surface area contributed by atoms with Gasteiger partial charge < -0.3 is 10.1 Å². The summed E-state index contributed by atoms with van der Waals surface area (Å²) in [5, 5.41) is 4.85. The van der Waals surface area contributed by atoms with E-state index in [-0.39, 0.29) is 17.1 Å². The number of carbonyl (C=O) groups excluding carboxylic acids is 2. The molecule has 3 aromatic rings. The number of amides is 1. The first kappa shape index (κ1) is 19.8. The Morgan fingerprint density at radius 3 is 2.93 bits per heavy atom. The Bertz CT molecular complexity index is 1070. The van der Waals surface area contributed by atoms with Crippen LogP contribution in [0.3, 0.4) is 0 Å². The number of nitrogens with zero attached hydrogens (tertiary/aromatic N) is 2. The quantitative estimate of drug-likeness (QED) is 0.355. The summed E-state index contributed by atoms with van der Waals surface area (Å²) >= 11 is 2.87. The highest BCUT2D eigenvalue weighted by Crippen LogP contribution is 2.40. The summed E-state index contributed by atoms with van der Waals surface area (Å²) in [5.41, 5.74) is 2.41. The van der Waals surface area contributed by atoms with E-state index < -0.39 is 0 Å². The SMILES string of the molecule is CCOC(=O)c1c(NC(=O)[C@H](C)Sc2ncnc3ccccc23)sc2c1CCC2. The van der Waals surface area contributed by atoms with Crippen molar-refractivity contribution in [3.63, 3.8) is 0 Å². The zero-order valence-electron chi connectivity index (χ0n) is 16.2. The Balaban J connectivity index is 1.54. The van der Waals surface area contributed by atoms with E-state index in [0.29, 0.717) is 17.2 Å². The van der Waals surface area contributed by atoms with E-state index in [4.69, 9.17) is 4.74 Å². The number of aromatic nitrogens is 2. The van der Waals surface area contributed by atoms with Crippen LogP contribution < -0.4 is 5.32 Å². The molecule has 4 rings (SSSR count). The molecule has 2 heterocycles. The summed E-state index contributed by atoms with van der Waals surface area (Å²) in [4.78, 5) is 35.2. The van der Waals surface area contributed by atoms with Crippen LogP contribution in [0.25, 0.3) is 10.9 Å². The van der Waals surface area contributed by atoms with Gasteiger partial charge in [0.05, 0.1) is 22.9 Å². The van der Waals surface area contributed by atoms with Gasteiger partial charge in [0.25, 0.3) is 0 Å². The molecule has 0 spiro atoms. The molecule has 0 saturated heterocycles. The van der Waals surface area contributed by atoms with E-state index in [1.165, 1.54) is 34.3 Å². The number of fused-ring (bicyclic) bond motifs is 2. The number of para-hydroxylation sites is 1. The van der Waals surface area contributed by atoms with Crippen LogP contribution in [0.2, 0.25) is 0 Å². The van der Waals surface area contributed by atoms with Gasteiger partial charge in [-0.15, -0.1) is 11.3 Å². The van der Waals surface area contributed by atoms with Gasteiger partial charge in [0.1, 0.15) is 16.4 Å². The minimum atomic E-state index is -0.389. The van der Waals surface area contributed by atoms with Gasteiger partial charge in [-0.3, -0.25) is 4.79 Å². The van der Waals surface area contributed by atoms with Crippen molar-refractivity contribution >= 4 is 50.9 Å². The molecule has 1 N–H and O–H groups in total. The van der Waals surface area contributed by atoms with E-state index >= 15 is 0 Å². The van der Waals surface area contributed by atoms with Crippen LogP contribution in [-0.4, -0.2) is 33.7 Å². The molecule has 2 aromatic heterocycles. The molecule has 1 atom stereocenters. The zero-order valence-corrected chi connectivity index (χ0v) is 17.9. The fraction of sp³-hybridized carbons (Fsp3) is 0.333. The minimum absolute atomic E-state index is 0.164. The lowest BCUT2D eigenvalue weighted by molar-refractivity contribution is -0.115. The first-order valence-corrected chi connectivity index (χ1v) is 11.3. The zero-order chi connectivity index (χ0) is 20.4. The molecule has 0 fully saturated rings. The van der Waals surface area contributed by atoms with Gasteiger partial charge in [0.2, 0.25) is 5.91 Å². The molecule has 8 heteroatoms. The molecule has 1 aromatic carbocycles. The molecule has 0 bridgehead atoms. The lowest BCUT2D eigenvalue weighted by atomic mass is 10.1. The van der Waals surface area contributed by atoms with Gasteiger partial charge in [-0.1, -0.05) is 30.0 Å². The molecule has 0 saturated carbocycles. The van der Waals surface area contributed by atoms with Crippen LogP contribution in [0.4, 0.5) is 5.00 Å². The number of anilines is 1. The van der Waals surface area contributed by atoms with E-state index in [1.807, 2.05) is 31.2 Å². The summed E-state index contributed by atoms with van der Waals surface area (Å²) in [7, 11) is 0. The van der Waals surface area contributed by atoms with Gasteiger partial charge in [-0.25, -0.2) is 14.8 Å². The third-order valence-electron chi connectivity index (χ3n) is 4.80. The van der Waals surface area contributed by atoms with Crippen molar-refractivity contribution < 1.29 is 14.3 Å². The van der Waals surface area contributed by atoms with Gasteiger partial charge in [0, 0.05) is 10.3 Å². The number of esters is 1. The number of rotatable bonds is 6. The van der Waals surface area contributed by atoms with Crippen LogP contribution in [0.15, 0.2) is 35.6 Å². The highest BCUT2D eigenvalue weighted by atomic mass is 32.2. The molecule has 0 unspecified atom stereocenters. The van der Waals surface area contributed by atoms with Gasteiger partial charge >= 0.3 is 5.97 Å². The topological polar surface area (TPSA) is 81.2 Å². The minimum Gasteiger partial charge on any atom is -0.462 e. The molecule has 6 nitrogen and oxygen atoms in total. The average molecular weight is 428 g/mol.